The fraction of sp³-hybridized carbons (Fsp3) is 0.364. The van der Waals surface area contributed by atoms with Gasteiger partial charge in [0.25, 0.3) is 0 Å². The quantitative estimate of drug-likeness (QED) is 0.255. The Balaban J connectivity index is 0.000000155. The maximum absolute atomic E-state index is 9.95. The summed E-state index contributed by atoms with van der Waals surface area (Å²) >= 11 is 36.0. The number of fused-ring (bicyclic) bond motifs is 2. The normalized spacial score (nSPS) is 27.3. The largest absolute Gasteiger partial charge is 0.388 e. The lowest BCUT2D eigenvalue weighted by atomic mass is 10.1. The van der Waals surface area contributed by atoms with Gasteiger partial charge < -0.3 is 29.9 Å². The number of ether oxygens (including phenoxy) is 2. The number of hydrogen-bond donors (Lipinski definition) is 4. The third-order valence-corrected chi connectivity index (χ3v) is 8.08. The molecule has 38 heavy (non-hydrogen) atoms. The van der Waals surface area contributed by atoms with Crippen molar-refractivity contribution in [1.29, 1.82) is 0 Å². The summed E-state index contributed by atoms with van der Waals surface area (Å²) < 4.78 is 14.0. The van der Waals surface area contributed by atoms with Crippen LogP contribution in [0.15, 0.2) is 24.5 Å². The fourth-order valence-electron chi connectivity index (χ4n) is 4.32. The number of pyridine rings is 2. The van der Waals surface area contributed by atoms with E-state index >= 15 is 0 Å². The molecule has 6 rings (SSSR count). The minimum Gasteiger partial charge on any atom is -0.388 e. The minimum absolute atomic E-state index is 0.0264. The summed E-state index contributed by atoms with van der Waals surface area (Å²) in [4.78, 5) is 8.14. The first-order chi connectivity index (χ1) is 18.0. The van der Waals surface area contributed by atoms with E-state index in [0.717, 1.165) is 0 Å². The van der Waals surface area contributed by atoms with E-state index in [2.05, 4.69) is 9.97 Å². The first-order valence-corrected chi connectivity index (χ1v) is 13.2. The smallest absolute Gasteiger partial charge is 0.159 e. The predicted molar refractivity (Wildman–Crippen MR) is 142 cm³/mol. The summed E-state index contributed by atoms with van der Waals surface area (Å²) in [5.41, 5.74) is 1.83. The molecule has 10 nitrogen and oxygen atoms in total. The molecule has 4 aromatic heterocycles. The van der Waals surface area contributed by atoms with E-state index in [1.807, 2.05) is 0 Å². The molecule has 0 radical (unpaired) electrons. The van der Waals surface area contributed by atoms with Gasteiger partial charge in [-0.3, -0.25) is 8.80 Å². The van der Waals surface area contributed by atoms with E-state index in [9.17, 15) is 20.4 Å². The van der Waals surface area contributed by atoms with Gasteiger partial charge in [-0.25, -0.2) is 9.97 Å². The van der Waals surface area contributed by atoms with Gasteiger partial charge in [0, 0.05) is 18.5 Å². The molecular formula is C22H18Cl6N4O6. The van der Waals surface area contributed by atoms with Crippen molar-refractivity contribution in [3.63, 3.8) is 0 Å². The van der Waals surface area contributed by atoms with E-state index < -0.39 is 36.6 Å². The number of nitrogens with zero attached hydrogens (tertiary/aromatic N) is 4. The molecule has 2 aliphatic rings. The molecular weight excluding hydrogens is 629 g/mol. The van der Waals surface area contributed by atoms with Gasteiger partial charge in [-0.05, 0) is 6.07 Å². The van der Waals surface area contributed by atoms with Crippen molar-refractivity contribution < 1.29 is 29.9 Å². The highest BCUT2D eigenvalue weighted by Gasteiger charge is 2.39. The zero-order valence-electron chi connectivity index (χ0n) is 18.8. The molecule has 0 aromatic carbocycles. The van der Waals surface area contributed by atoms with E-state index in [-0.39, 0.29) is 43.6 Å². The Morgan fingerprint density at radius 3 is 1.87 bits per heavy atom. The van der Waals surface area contributed by atoms with E-state index in [0.29, 0.717) is 22.7 Å². The van der Waals surface area contributed by atoms with Gasteiger partial charge in [-0.2, -0.15) is 0 Å². The van der Waals surface area contributed by atoms with Crippen LogP contribution in [0.25, 0.3) is 11.3 Å². The van der Waals surface area contributed by atoms with Crippen LogP contribution in [0.3, 0.4) is 0 Å². The van der Waals surface area contributed by atoms with Gasteiger partial charge in [0.05, 0.1) is 39.7 Å². The molecule has 6 heterocycles. The number of halogens is 6. The molecule has 16 heteroatoms. The second-order valence-corrected chi connectivity index (χ2v) is 10.9. The molecule has 4 N–H and O–H groups in total. The zero-order chi connectivity index (χ0) is 27.5. The highest BCUT2D eigenvalue weighted by molar-refractivity contribution is 6.44. The Morgan fingerprint density at radius 1 is 0.711 bits per heavy atom. The Hall–Kier alpha value is -1.12. The topological polar surface area (TPSA) is 134 Å². The van der Waals surface area contributed by atoms with Gasteiger partial charge in [0.2, 0.25) is 0 Å². The van der Waals surface area contributed by atoms with Gasteiger partial charge >= 0.3 is 0 Å². The Kier molecular flexibility index (Phi) is 8.25. The first kappa shape index (κ1) is 28.4. The summed E-state index contributed by atoms with van der Waals surface area (Å²) in [6, 6.07) is 3.14. The maximum atomic E-state index is 9.95. The number of hydrogen-bond acceptors (Lipinski definition) is 8. The van der Waals surface area contributed by atoms with Crippen molar-refractivity contribution in [2.75, 3.05) is 13.2 Å². The molecule has 0 amide bonds. The molecule has 2 aliphatic heterocycles. The SMILES string of the molecule is O[C@@H]1COC(c2c(Cl)c(Cl)cc3nc(Cl)cn23)[C@@H]1O.O[C@@H]1COC(c2cc(Cl)c(Cl)c3nc(Cl)cn23)[C@@H]1O. The molecule has 0 bridgehead atoms. The van der Waals surface area contributed by atoms with Crippen LogP contribution in [0.5, 0.6) is 0 Å². The second-order valence-electron chi connectivity index (χ2n) is 8.60. The second kappa shape index (κ2) is 11.0. The number of aliphatic hydroxyl groups excluding tert-OH is 4. The molecule has 4 aromatic rings. The molecule has 0 saturated carbocycles. The molecule has 2 saturated heterocycles. The molecule has 2 unspecified atom stereocenters. The number of aromatic nitrogens is 4. The van der Waals surface area contributed by atoms with Gasteiger partial charge in [-0.1, -0.05) is 69.6 Å². The maximum Gasteiger partial charge on any atom is 0.159 e. The lowest BCUT2D eigenvalue weighted by Crippen LogP contribution is -2.26. The molecule has 2 fully saturated rings. The van der Waals surface area contributed by atoms with Gasteiger partial charge in [-0.15, -0.1) is 0 Å². The Bertz CT molecular complexity index is 1510. The average molecular weight is 647 g/mol. The van der Waals surface area contributed by atoms with E-state index in [1.165, 1.54) is 0 Å². The van der Waals surface area contributed by atoms with Crippen LogP contribution in [0, 0.1) is 0 Å². The minimum atomic E-state index is -1.08. The van der Waals surface area contributed by atoms with Crippen LogP contribution < -0.4 is 0 Å². The summed E-state index contributed by atoms with van der Waals surface area (Å²) in [6.45, 7) is 0.0780. The van der Waals surface area contributed by atoms with Crippen molar-refractivity contribution in [2.24, 2.45) is 0 Å². The van der Waals surface area contributed by atoms with Gasteiger partial charge in [0.1, 0.15) is 57.6 Å². The number of imidazole rings is 2. The van der Waals surface area contributed by atoms with Crippen LogP contribution in [0.2, 0.25) is 30.4 Å². The van der Waals surface area contributed by atoms with E-state index in [1.54, 1.807) is 33.3 Å². The van der Waals surface area contributed by atoms with Gasteiger partial charge in [0.15, 0.2) is 5.65 Å². The molecule has 204 valence electrons. The van der Waals surface area contributed by atoms with Crippen LogP contribution in [-0.4, -0.2) is 76.8 Å². The standard InChI is InChI=1S/2C11H9Cl3N2O3/c12-4-1-7-15-6(13)2-16(7)9(8(4)14)11-10(18)5(17)3-19-11;12-4-1-5(10-9(18)6(17)3-19-10)16-2-7(13)15-11(16)8(4)14/h1-2,5,10-11,17-18H,3H2;1-2,6,9-10,17-18H,3H2/t5-,10-,11?;6-,9-,10?/m11/s1. The summed E-state index contributed by atoms with van der Waals surface area (Å²) in [5, 5.41) is 40.6. The Morgan fingerprint density at radius 2 is 1.26 bits per heavy atom. The number of rotatable bonds is 2. The van der Waals surface area contributed by atoms with Crippen LogP contribution in [-0.2, 0) is 9.47 Å². The number of aliphatic hydroxyl groups is 4. The first-order valence-electron chi connectivity index (χ1n) is 11.0. The monoisotopic (exact) mass is 644 g/mol. The van der Waals surface area contributed by atoms with Crippen molar-refractivity contribution >= 4 is 80.9 Å². The van der Waals surface area contributed by atoms with Crippen molar-refractivity contribution in [1.82, 2.24) is 18.8 Å². The molecule has 6 atom stereocenters. The van der Waals surface area contributed by atoms with E-state index in [4.69, 9.17) is 79.1 Å². The van der Waals surface area contributed by atoms with Crippen molar-refractivity contribution in [3.8, 4) is 0 Å². The predicted octanol–water partition coefficient (Wildman–Crippen LogP) is 4.18. The van der Waals surface area contributed by atoms with Crippen molar-refractivity contribution in [3.05, 3.63) is 66.3 Å². The summed E-state index contributed by atoms with van der Waals surface area (Å²) in [6.07, 6.45) is -2.42. The fourth-order valence-corrected chi connectivity index (χ4v) is 5.52. The zero-order valence-corrected chi connectivity index (χ0v) is 23.4. The third kappa shape index (κ3) is 5.07. The van der Waals surface area contributed by atoms with Crippen molar-refractivity contribution in [2.45, 2.75) is 36.6 Å². The lowest BCUT2D eigenvalue weighted by molar-refractivity contribution is 0.0200. The molecule has 0 spiro atoms. The summed E-state index contributed by atoms with van der Waals surface area (Å²) in [5.74, 6) is 0. The van der Waals surface area contributed by atoms with Crippen LogP contribution in [0.1, 0.15) is 23.6 Å². The summed E-state index contributed by atoms with van der Waals surface area (Å²) in [7, 11) is 0. The highest BCUT2D eigenvalue weighted by Crippen LogP contribution is 2.39. The lowest BCUT2D eigenvalue weighted by Gasteiger charge is -2.18. The Labute approximate surface area is 244 Å². The van der Waals surface area contributed by atoms with Crippen LogP contribution >= 0.6 is 69.6 Å². The van der Waals surface area contributed by atoms with Crippen LogP contribution in [0.4, 0.5) is 0 Å². The average Bonchev–Trinajstić information content (AvgIpc) is 3.61. The molecule has 0 aliphatic carbocycles. The highest BCUT2D eigenvalue weighted by atomic mass is 35.5. The third-order valence-electron chi connectivity index (χ3n) is 6.15.